The lowest BCUT2D eigenvalue weighted by Gasteiger charge is -2.47. The van der Waals surface area contributed by atoms with Crippen LogP contribution < -0.4 is 71.9 Å². The lowest BCUT2D eigenvalue weighted by atomic mass is 9.86. The number of hydrogen-bond donors (Lipinski definition) is 7. The van der Waals surface area contributed by atoms with Crippen LogP contribution in [0.5, 0.6) is 0 Å². The number of fused-ring (bicyclic) bond motifs is 26. The van der Waals surface area contributed by atoms with Crippen molar-refractivity contribution in [1.29, 1.82) is 0 Å². The van der Waals surface area contributed by atoms with E-state index in [9.17, 15) is 40.7 Å². The highest BCUT2D eigenvalue weighted by Crippen LogP contribution is 2.49. The van der Waals surface area contributed by atoms with Crippen LogP contribution in [0.1, 0.15) is 101 Å². The maximum Gasteiger partial charge on any atom is 0.522 e. The van der Waals surface area contributed by atoms with Crippen molar-refractivity contribution in [1.82, 2.24) is 14.7 Å². The summed E-state index contributed by atoms with van der Waals surface area (Å²) in [5, 5.41) is 12.4. The minimum atomic E-state index is -5.84. The first-order valence-corrected chi connectivity index (χ1v) is 42.5. The number of anilines is 14. The normalized spacial score (nSPS) is 16.6. The van der Waals surface area contributed by atoms with Crippen LogP contribution in [0.15, 0.2) is 212 Å². The molecule has 658 valence electrons. The van der Waals surface area contributed by atoms with E-state index in [1.54, 1.807) is 42.5 Å². The standard InChI is InChI=1S/3C20H24N4.C10H11NO.C8H5NO2.C6H8N2.C6H7N.C2HF3O2.CHF3O3S/c3*1-3-22-13-21(2)10-16-8-9-19-17(20(16)22)12-24-14-23(19)11-15-6-4-5-7-18(15)24;1-10(2)7-5-3-4-6-8(7)11-9(10)12;10-7-5-3-1-2-4-6(5)9-8(7)11;7-5-2-1-3-6(8)4-5;7-6-4-2-1-3-5-6;3-2(4,5)1(6)7;2-1(3,4)8(5,6)7/h3*4-9H,3,10-14H2,1-2H3;3-6H,1-2H3,(H,11,12);1-4H,(H,9,10,11);1-4H,7-8H2;1-5H,7H2;(H,6,7);(H,5,6,7). The molecule has 0 atom stereocenters. The van der Waals surface area contributed by atoms with E-state index in [1.165, 1.54) is 101 Å². The first-order chi connectivity index (χ1) is 59.5. The number of ketones is 1. The summed E-state index contributed by atoms with van der Waals surface area (Å²) in [7, 11) is 0.794. The molecule has 0 unspecified atom stereocenters. The number of rotatable bonds is 3. The molecule has 0 fully saturated rings. The molecule has 10 aromatic carbocycles. The lowest BCUT2D eigenvalue weighted by Crippen LogP contribution is -2.48. The molecule has 11 aliphatic heterocycles. The molecule has 10 aromatic rings. The summed E-state index contributed by atoms with van der Waals surface area (Å²) in [5.74, 6) is -3.65. The van der Waals surface area contributed by atoms with Gasteiger partial charge in [-0.3, -0.25) is 33.6 Å². The van der Waals surface area contributed by atoms with Crippen molar-refractivity contribution in [3.63, 3.8) is 0 Å². The van der Waals surface area contributed by atoms with Gasteiger partial charge in [0.25, 0.3) is 11.7 Å². The van der Waals surface area contributed by atoms with E-state index in [0.717, 1.165) is 135 Å². The first-order valence-electron chi connectivity index (χ1n) is 41.1. The van der Waals surface area contributed by atoms with Crippen LogP contribution in [-0.4, -0.2) is 149 Å². The van der Waals surface area contributed by atoms with Gasteiger partial charge in [0.15, 0.2) is 0 Å². The number of carbonyl (C=O) groups is 4. The van der Waals surface area contributed by atoms with Crippen molar-refractivity contribution >= 4 is 113 Å². The second-order valence-electron chi connectivity index (χ2n) is 32.5. The highest BCUT2D eigenvalue weighted by Gasteiger charge is 2.45. The molecule has 2 amide bonds. The van der Waals surface area contributed by atoms with Crippen LogP contribution in [0.2, 0.25) is 0 Å². The molecular weight excluding hydrogens is 1630 g/mol. The van der Waals surface area contributed by atoms with Gasteiger partial charge in [-0.05, 0) is 180 Å². The van der Waals surface area contributed by atoms with Gasteiger partial charge in [-0.1, -0.05) is 127 Å². The third-order valence-electron chi connectivity index (χ3n) is 23.1. The van der Waals surface area contributed by atoms with Crippen LogP contribution in [0.3, 0.4) is 0 Å². The van der Waals surface area contributed by atoms with Gasteiger partial charge in [-0.15, -0.1) is 0 Å². The van der Waals surface area contributed by atoms with Crippen LogP contribution >= 0.6 is 0 Å². The summed E-state index contributed by atoms with van der Waals surface area (Å²) in [4.78, 5) is 72.1. The summed E-state index contributed by atoms with van der Waals surface area (Å²) >= 11 is 0. The third kappa shape index (κ3) is 20.2. The Morgan fingerprint density at radius 1 is 0.408 bits per heavy atom. The van der Waals surface area contributed by atoms with Gasteiger partial charge >= 0.3 is 27.8 Å². The number of carboxylic acids is 1. The summed E-state index contributed by atoms with van der Waals surface area (Å²) in [6.45, 7) is 29.2. The Morgan fingerprint density at radius 2 is 0.736 bits per heavy atom. The van der Waals surface area contributed by atoms with Crippen LogP contribution in [0.25, 0.3) is 0 Å². The maximum absolute atomic E-state index is 11.4. The van der Waals surface area contributed by atoms with Crippen LogP contribution in [0, 0.1) is 0 Å². The topological polar surface area (TPSA) is 284 Å². The minimum absolute atomic E-state index is 0.0868. The molecule has 0 aliphatic carbocycles. The van der Waals surface area contributed by atoms with Crippen molar-refractivity contribution in [2.24, 2.45) is 0 Å². The average Bonchev–Trinajstić information content (AvgIpc) is 0.861. The number of nitrogen functional groups attached to an aromatic ring is 3. The highest BCUT2D eigenvalue weighted by atomic mass is 32.2. The number of amides is 2. The number of alkyl halides is 6. The smallest absolute Gasteiger partial charge is 0.475 e. The van der Waals surface area contributed by atoms with Gasteiger partial charge in [0, 0.05) is 169 Å². The van der Waals surface area contributed by atoms with Crippen LogP contribution in [0.4, 0.5) is 106 Å². The van der Waals surface area contributed by atoms with E-state index in [1.807, 2.05) is 74.5 Å². The second-order valence-corrected chi connectivity index (χ2v) is 33.9. The van der Waals surface area contributed by atoms with Gasteiger partial charge in [-0.2, -0.15) is 34.8 Å². The van der Waals surface area contributed by atoms with Gasteiger partial charge in [-0.25, -0.2) is 4.79 Å². The number of carboxylic acid groups (broad SMARTS) is 1. The molecule has 11 aliphatic rings. The SMILES string of the molecule is CC1(C)C(=O)Nc2ccccc21.CCN1CN(C)Cc2ccc3c(c21)CN1CN3Cc2ccccc21.CCN1CN(C)Cc2ccc3c(c21)CN1CN3Cc2ccccc21.CCN1CN(C)Cc2ccc3c(c21)CN1CN3Cc2ccccc21.Nc1cccc(N)c1.Nc1ccccc1.O=C(O)C(F)(F)F.O=C1Nc2ccccc2C1=O.O=S(=O)(O)C(F)(F)F. The first kappa shape index (κ1) is 90.0. The molecule has 32 heteroatoms. The van der Waals surface area contributed by atoms with E-state index >= 15 is 0 Å². The zero-order valence-corrected chi connectivity index (χ0v) is 71.9. The predicted molar refractivity (Wildman–Crippen MR) is 483 cm³/mol. The largest absolute Gasteiger partial charge is 0.522 e. The number of halogens is 6. The number of nitrogens with two attached hydrogens (primary N) is 3. The highest BCUT2D eigenvalue weighted by molar-refractivity contribution is 7.86. The summed E-state index contributed by atoms with van der Waals surface area (Å²) in [6.07, 6.45) is -5.08. The third-order valence-corrected chi connectivity index (χ3v) is 23.7. The molecule has 0 saturated heterocycles. The Labute approximate surface area is 724 Å². The Bertz CT molecular complexity index is 5390. The lowest BCUT2D eigenvalue weighted by molar-refractivity contribution is -0.192. The number of carbonyl (C=O) groups excluding carboxylic acids is 3. The van der Waals surface area contributed by atoms with Gasteiger partial charge < -0.3 is 77.0 Å². The van der Waals surface area contributed by atoms with Crippen molar-refractivity contribution in [2.45, 2.75) is 111 Å². The van der Waals surface area contributed by atoms with Gasteiger partial charge in [0.05, 0.1) is 56.7 Å². The minimum Gasteiger partial charge on any atom is -0.475 e. The predicted octanol–water partition coefficient (Wildman–Crippen LogP) is 15.5. The fourth-order valence-electron chi connectivity index (χ4n) is 17.4. The van der Waals surface area contributed by atoms with Crippen molar-refractivity contribution < 1.29 is 63.6 Å². The number of aliphatic carboxylic acids is 1. The summed E-state index contributed by atoms with van der Waals surface area (Å²) < 4.78 is 89.3. The molecule has 0 radical (unpaired) electrons. The summed E-state index contributed by atoms with van der Waals surface area (Å²) in [5.41, 5.74) is 41.9. The molecule has 0 saturated carbocycles. The molecule has 11 heterocycles. The number of nitrogens with zero attached hydrogens (tertiary/aromatic N) is 12. The monoisotopic (exact) mass is 1730 g/mol. The molecule has 0 aromatic heterocycles. The molecule has 125 heavy (non-hydrogen) atoms. The Morgan fingerprint density at radius 3 is 1.06 bits per heavy atom. The van der Waals surface area contributed by atoms with Crippen LogP contribution in [-0.2, 0) is 88.8 Å². The molecule has 25 nitrogen and oxygen atoms in total. The van der Waals surface area contributed by atoms with E-state index in [-0.39, 0.29) is 11.3 Å². The van der Waals surface area contributed by atoms with Crippen molar-refractivity contribution in [3.05, 3.63) is 274 Å². The van der Waals surface area contributed by atoms with E-state index < -0.39 is 39.5 Å². The Kier molecular flexibility index (Phi) is 27.2. The zero-order chi connectivity index (χ0) is 89.6. The summed E-state index contributed by atoms with van der Waals surface area (Å²) in [6, 6.07) is 72.0. The number of para-hydroxylation sites is 6. The fraction of sp³-hybridized carbons (Fsp3) is 0.312. The van der Waals surface area contributed by atoms with E-state index in [4.69, 9.17) is 40.1 Å². The van der Waals surface area contributed by atoms with E-state index in [2.05, 4.69) is 221 Å². The molecule has 6 bridgehead atoms. The zero-order valence-electron chi connectivity index (χ0n) is 71.1. The van der Waals surface area contributed by atoms with Crippen molar-refractivity contribution in [2.75, 3.05) is 153 Å². The number of hydrogen-bond acceptors (Lipinski definition) is 21. The molecular formula is C93H105F6N17O8S. The van der Waals surface area contributed by atoms with E-state index in [0.29, 0.717) is 22.6 Å². The molecule has 21 rings (SSSR count). The van der Waals surface area contributed by atoms with Gasteiger partial charge in [0.1, 0.15) is 0 Å². The van der Waals surface area contributed by atoms with Gasteiger partial charge in [0.2, 0.25) is 5.91 Å². The number of Topliss-reactive ketones (excluding diaryl/α,β-unsaturated/α-hetero) is 1. The molecule has 0 spiro atoms. The number of nitrogens with one attached hydrogen (secondary N) is 2. The van der Waals surface area contributed by atoms with Crippen molar-refractivity contribution in [3.8, 4) is 0 Å². The maximum atomic E-state index is 11.4. The fourth-order valence-corrected chi connectivity index (χ4v) is 17.4. The Hall–Kier alpha value is -12.8. The molecule has 10 N–H and O–H groups in total. The second kappa shape index (κ2) is 37.8. The number of benzene rings is 10. The average molecular weight is 1740 g/mol. The Balaban J connectivity index is 0.000000126. The quantitative estimate of drug-likeness (QED) is 0.0284.